The largest absolute Gasteiger partial charge is 0.0651 e. The molecule has 102 valence electrons. The maximum atomic E-state index is 2.46. The van der Waals surface area contributed by atoms with Gasteiger partial charge in [-0.3, -0.25) is 0 Å². The highest BCUT2D eigenvalue weighted by Gasteiger charge is 2.35. The standard InChI is InChI=1S/C18H30/c1-7-15(3)18(6,8-2)14-17(4,5)16-12-10-9-11-13-16/h9-13,15H,7-8,14H2,1-6H3. The summed E-state index contributed by atoms with van der Waals surface area (Å²) in [5.74, 6) is 0.783. The molecule has 1 aromatic rings. The highest BCUT2D eigenvalue weighted by Crippen LogP contribution is 2.44. The lowest BCUT2D eigenvalue weighted by atomic mass is 9.64. The van der Waals surface area contributed by atoms with Crippen molar-refractivity contribution in [2.75, 3.05) is 0 Å². The molecule has 1 rings (SSSR count). The molecular weight excluding hydrogens is 216 g/mol. The van der Waals surface area contributed by atoms with Crippen LogP contribution in [0.15, 0.2) is 30.3 Å². The average Bonchev–Trinajstić information content (AvgIpc) is 2.38. The summed E-state index contributed by atoms with van der Waals surface area (Å²) < 4.78 is 0. The Morgan fingerprint density at radius 1 is 1.00 bits per heavy atom. The van der Waals surface area contributed by atoms with E-state index in [1.807, 2.05) is 0 Å². The van der Waals surface area contributed by atoms with Crippen molar-refractivity contribution in [1.29, 1.82) is 0 Å². The van der Waals surface area contributed by atoms with E-state index < -0.39 is 0 Å². The van der Waals surface area contributed by atoms with Gasteiger partial charge in [-0.1, -0.05) is 84.7 Å². The van der Waals surface area contributed by atoms with Crippen molar-refractivity contribution < 1.29 is 0 Å². The lowest BCUT2D eigenvalue weighted by Crippen LogP contribution is -2.33. The highest BCUT2D eigenvalue weighted by molar-refractivity contribution is 5.23. The van der Waals surface area contributed by atoms with E-state index in [2.05, 4.69) is 71.9 Å². The van der Waals surface area contributed by atoms with Gasteiger partial charge in [0.05, 0.1) is 0 Å². The van der Waals surface area contributed by atoms with Gasteiger partial charge < -0.3 is 0 Å². The zero-order chi connectivity index (χ0) is 13.8. The smallest absolute Gasteiger partial charge is 0.00983 e. The molecule has 0 fully saturated rings. The molecule has 0 bridgehead atoms. The summed E-state index contributed by atoms with van der Waals surface area (Å²) in [6.07, 6.45) is 3.79. The normalized spacial score (nSPS) is 17.2. The fourth-order valence-electron chi connectivity index (χ4n) is 3.14. The lowest BCUT2D eigenvalue weighted by Gasteiger charge is -2.41. The molecule has 0 N–H and O–H groups in total. The number of benzene rings is 1. The fourth-order valence-corrected chi connectivity index (χ4v) is 3.14. The Morgan fingerprint density at radius 3 is 2.00 bits per heavy atom. The van der Waals surface area contributed by atoms with E-state index >= 15 is 0 Å². The van der Waals surface area contributed by atoms with Crippen LogP contribution in [0.2, 0.25) is 0 Å². The van der Waals surface area contributed by atoms with E-state index in [4.69, 9.17) is 0 Å². The second kappa shape index (κ2) is 5.91. The van der Waals surface area contributed by atoms with Crippen molar-refractivity contribution in [1.82, 2.24) is 0 Å². The van der Waals surface area contributed by atoms with Gasteiger partial charge in [0.15, 0.2) is 0 Å². The molecule has 2 unspecified atom stereocenters. The third-order valence-electron chi connectivity index (χ3n) is 5.01. The Balaban J connectivity index is 2.94. The SMILES string of the molecule is CCC(C)C(C)(CC)CC(C)(C)c1ccccc1. The molecule has 1 aromatic carbocycles. The third-order valence-corrected chi connectivity index (χ3v) is 5.01. The van der Waals surface area contributed by atoms with Crippen LogP contribution in [-0.4, -0.2) is 0 Å². The molecule has 0 heteroatoms. The Hall–Kier alpha value is -0.780. The topological polar surface area (TPSA) is 0 Å². The van der Waals surface area contributed by atoms with Crippen LogP contribution in [0, 0.1) is 11.3 Å². The van der Waals surface area contributed by atoms with Crippen LogP contribution in [0.1, 0.15) is 66.4 Å². The molecule has 0 nitrogen and oxygen atoms in total. The Kier molecular flexibility index (Phi) is 5.01. The fraction of sp³-hybridized carbons (Fsp3) is 0.667. The van der Waals surface area contributed by atoms with Crippen molar-refractivity contribution in [3.8, 4) is 0 Å². The first-order valence-electron chi connectivity index (χ1n) is 7.41. The molecule has 0 aliphatic heterocycles. The molecule has 0 amide bonds. The van der Waals surface area contributed by atoms with E-state index in [1.54, 1.807) is 0 Å². The van der Waals surface area contributed by atoms with Gasteiger partial charge in [-0.15, -0.1) is 0 Å². The second-order valence-electron chi connectivity index (χ2n) is 6.74. The molecule has 0 aliphatic rings. The summed E-state index contributed by atoms with van der Waals surface area (Å²) in [4.78, 5) is 0. The summed E-state index contributed by atoms with van der Waals surface area (Å²) in [6, 6.07) is 11.0. The van der Waals surface area contributed by atoms with E-state index in [1.165, 1.54) is 24.8 Å². The summed E-state index contributed by atoms with van der Waals surface area (Å²) >= 11 is 0. The van der Waals surface area contributed by atoms with Gasteiger partial charge in [0.2, 0.25) is 0 Å². The van der Waals surface area contributed by atoms with Gasteiger partial charge >= 0.3 is 0 Å². The first-order chi connectivity index (χ1) is 8.35. The molecule has 0 saturated heterocycles. The van der Waals surface area contributed by atoms with E-state index in [0.717, 1.165) is 5.92 Å². The second-order valence-corrected chi connectivity index (χ2v) is 6.74. The molecule has 0 aliphatic carbocycles. The van der Waals surface area contributed by atoms with Gasteiger partial charge in [-0.05, 0) is 28.7 Å². The molecular formula is C18H30. The van der Waals surface area contributed by atoms with Crippen LogP contribution in [0.5, 0.6) is 0 Å². The zero-order valence-corrected chi connectivity index (χ0v) is 13.1. The maximum absolute atomic E-state index is 2.46. The summed E-state index contributed by atoms with van der Waals surface area (Å²) in [7, 11) is 0. The lowest BCUT2D eigenvalue weighted by molar-refractivity contribution is 0.133. The molecule has 0 heterocycles. The predicted octanol–water partition coefficient (Wildman–Crippen LogP) is 5.82. The molecule has 0 radical (unpaired) electrons. The average molecular weight is 246 g/mol. The van der Waals surface area contributed by atoms with Gasteiger partial charge in [0.25, 0.3) is 0 Å². The Bertz CT molecular complexity index is 350. The number of hydrogen-bond acceptors (Lipinski definition) is 0. The molecule has 2 atom stereocenters. The van der Waals surface area contributed by atoms with Crippen molar-refractivity contribution in [3.63, 3.8) is 0 Å². The maximum Gasteiger partial charge on any atom is -0.00983 e. The van der Waals surface area contributed by atoms with Crippen molar-refractivity contribution in [2.45, 2.75) is 66.2 Å². The summed E-state index contributed by atoms with van der Waals surface area (Å²) in [6.45, 7) is 14.3. The van der Waals surface area contributed by atoms with E-state index in [9.17, 15) is 0 Å². The molecule has 0 aromatic heterocycles. The number of rotatable bonds is 6. The van der Waals surface area contributed by atoms with Crippen LogP contribution in [0.25, 0.3) is 0 Å². The van der Waals surface area contributed by atoms with Crippen LogP contribution in [-0.2, 0) is 5.41 Å². The first kappa shape index (κ1) is 15.3. The summed E-state index contributed by atoms with van der Waals surface area (Å²) in [5, 5.41) is 0. The van der Waals surface area contributed by atoms with Crippen LogP contribution >= 0.6 is 0 Å². The van der Waals surface area contributed by atoms with Crippen LogP contribution in [0.4, 0.5) is 0 Å². The predicted molar refractivity (Wildman–Crippen MR) is 81.9 cm³/mol. The summed E-state index contributed by atoms with van der Waals surface area (Å²) in [5.41, 5.74) is 2.16. The van der Waals surface area contributed by atoms with Gasteiger partial charge in [0.1, 0.15) is 0 Å². The third kappa shape index (κ3) is 3.37. The highest BCUT2D eigenvalue weighted by atomic mass is 14.4. The minimum atomic E-state index is 0.259. The van der Waals surface area contributed by atoms with Crippen molar-refractivity contribution >= 4 is 0 Å². The molecule has 18 heavy (non-hydrogen) atoms. The van der Waals surface area contributed by atoms with Crippen LogP contribution < -0.4 is 0 Å². The van der Waals surface area contributed by atoms with Gasteiger partial charge in [-0.2, -0.15) is 0 Å². The Labute approximate surface area is 114 Å². The molecule has 0 saturated carbocycles. The molecule has 0 spiro atoms. The number of hydrogen-bond donors (Lipinski definition) is 0. The quantitative estimate of drug-likeness (QED) is 0.593. The monoisotopic (exact) mass is 246 g/mol. The van der Waals surface area contributed by atoms with Crippen LogP contribution in [0.3, 0.4) is 0 Å². The van der Waals surface area contributed by atoms with Crippen molar-refractivity contribution in [3.05, 3.63) is 35.9 Å². The first-order valence-corrected chi connectivity index (χ1v) is 7.41. The van der Waals surface area contributed by atoms with Gasteiger partial charge in [0, 0.05) is 0 Å². The van der Waals surface area contributed by atoms with E-state index in [0.29, 0.717) is 5.41 Å². The minimum absolute atomic E-state index is 0.259. The van der Waals surface area contributed by atoms with Gasteiger partial charge in [-0.25, -0.2) is 0 Å². The minimum Gasteiger partial charge on any atom is -0.0651 e. The van der Waals surface area contributed by atoms with Crippen molar-refractivity contribution in [2.24, 2.45) is 11.3 Å². The Morgan fingerprint density at radius 2 is 1.56 bits per heavy atom. The van der Waals surface area contributed by atoms with E-state index in [-0.39, 0.29) is 5.41 Å². The zero-order valence-electron chi connectivity index (χ0n) is 13.1.